The van der Waals surface area contributed by atoms with Gasteiger partial charge in [0.2, 0.25) is 0 Å². The molecule has 1 aromatic rings. The third-order valence-corrected chi connectivity index (χ3v) is 8.27. The summed E-state index contributed by atoms with van der Waals surface area (Å²) in [6, 6.07) is 3.50. The Morgan fingerprint density at radius 3 is 2.75 bits per heavy atom. The SMILES string of the molecule is O=S(=O)(c1ccc(Br)s1)N1CCCC2(CCCNC2)C1. The van der Waals surface area contributed by atoms with Crippen molar-refractivity contribution >= 4 is 37.3 Å². The molecule has 7 heteroatoms. The number of hydrogen-bond acceptors (Lipinski definition) is 4. The lowest BCUT2D eigenvalue weighted by molar-refractivity contribution is 0.110. The predicted octanol–water partition coefficient (Wildman–Crippen LogP) is 2.66. The fraction of sp³-hybridized carbons (Fsp3) is 0.692. The minimum atomic E-state index is -3.32. The molecule has 3 heterocycles. The number of rotatable bonds is 2. The van der Waals surface area contributed by atoms with Crippen LogP contribution in [0.4, 0.5) is 0 Å². The van der Waals surface area contributed by atoms with Gasteiger partial charge in [-0.1, -0.05) is 0 Å². The van der Waals surface area contributed by atoms with Gasteiger partial charge in [-0.3, -0.25) is 0 Å². The molecule has 0 radical (unpaired) electrons. The average molecular weight is 379 g/mol. The Bertz CT molecular complexity index is 573. The van der Waals surface area contributed by atoms with Crippen molar-refractivity contribution in [1.82, 2.24) is 9.62 Å². The normalized spacial score (nSPS) is 28.9. The molecule has 2 aliphatic rings. The predicted molar refractivity (Wildman–Crippen MR) is 84.5 cm³/mol. The van der Waals surface area contributed by atoms with Crippen molar-refractivity contribution in [2.75, 3.05) is 26.2 Å². The molecule has 3 rings (SSSR count). The van der Waals surface area contributed by atoms with Crippen molar-refractivity contribution in [1.29, 1.82) is 0 Å². The monoisotopic (exact) mass is 378 g/mol. The topological polar surface area (TPSA) is 49.4 Å². The highest BCUT2D eigenvalue weighted by Gasteiger charge is 2.41. The molecule has 1 atom stereocenters. The fourth-order valence-corrected chi connectivity index (χ4v) is 7.07. The van der Waals surface area contributed by atoms with E-state index >= 15 is 0 Å². The number of nitrogens with one attached hydrogen (secondary N) is 1. The maximum absolute atomic E-state index is 12.7. The van der Waals surface area contributed by atoms with Crippen LogP contribution in [-0.4, -0.2) is 38.9 Å². The van der Waals surface area contributed by atoms with E-state index in [-0.39, 0.29) is 5.41 Å². The second-order valence-electron chi connectivity index (χ2n) is 5.78. The van der Waals surface area contributed by atoms with Crippen LogP contribution in [0.15, 0.2) is 20.1 Å². The molecule has 0 aliphatic carbocycles. The molecule has 0 aromatic carbocycles. The fourth-order valence-electron chi connectivity index (χ4n) is 3.31. The maximum atomic E-state index is 12.7. The molecule has 2 aliphatic heterocycles. The molecule has 20 heavy (non-hydrogen) atoms. The zero-order valence-electron chi connectivity index (χ0n) is 11.3. The average Bonchev–Trinajstić information content (AvgIpc) is 2.87. The molecule has 1 aromatic heterocycles. The standard InChI is InChI=1S/C13H19BrN2O2S2/c14-11-3-4-12(19-11)20(17,18)16-8-2-6-13(10-16)5-1-7-15-9-13/h3-4,15H,1-2,5-10H2. The molecule has 1 spiro atoms. The molecule has 1 N–H and O–H groups in total. The van der Waals surface area contributed by atoms with Crippen molar-refractivity contribution in [2.45, 2.75) is 29.9 Å². The minimum absolute atomic E-state index is 0.151. The van der Waals surface area contributed by atoms with Crippen molar-refractivity contribution in [3.8, 4) is 0 Å². The first-order chi connectivity index (χ1) is 9.52. The molecule has 0 amide bonds. The molecule has 112 valence electrons. The van der Waals surface area contributed by atoms with Gasteiger partial charge in [-0.2, -0.15) is 4.31 Å². The van der Waals surface area contributed by atoms with E-state index in [2.05, 4.69) is 21.2 Å². The lowest BCUT2D eigenvalue weighted by atomic mass is 9.75. The molecule has 2 saturated heterocycles. The summed E-state index contributed by atoms with van der Waals surface area (Å²) in [5, 5.41) is 3.43. The van der Waals surface area contributed by atoms with Gasteiger partial charge >= 0.3 is 0 Å². The molecular weight excluding hydrogens is 360 g/mol. The summed E-state index contributed by atoms with van der Waals surface area (Å²) in [5.74, 6) is 0. The van der Waals surface area contributed by atoms with Crippen LogP contribution in [0.1, 0.15) is 25.7 Å². The van der Waals surface area contributed by atoms with Gasteiger partial charge in [0, 0.05) is 19.6 Å². The largest absolute Gasteiger partial charge is 0.316 e. The Morgan fingerprint density at radius 1 is 1.30 bits per heavy atom. The number of piperidine rings is 2. The summed E-state index contributed by atoms with van der Waals surface area (Å²) < 4.78 is 28.5. The van der Waals surface area contributed by atoms with Crippen molar-refractivity contribution in [3.05, 3.63) is 15.9 Å². The highest BCUT2D eigenvalue weighted by Crippen LogP contribution is 2.39. The first-order valence-corrected chi connectivity index (χ1v) is 10.0. The van der Waals surface area contributed by atoms with Gasteiger partial charge in [-0.05, 0) is 65.7 Å². The van der Waals surface area contributed by atoms with Crippen molar-refractivity contribution in [3.63, 3.8) is 0 Å². The Morgan fingerprint density at radius 2 is 2.10 bits per heavy atom. The summed E-state index contributed by atoms with van der Waals surface area (Å²) in [7, 11) is -3.32. The van der Waals surface area contributed by atoms with Crippen LogP contribution < -0.4 is 5.32 Å². The van der Waals surface area contributed by atoms with Crippen LogP contribution in [0.25, 0.3) is 0 Å². The zero-order valence-corrected chi connectivity index (χ0v) is 14.5. The first-order valence-electron chi connectivity index (χ1n) is 6.98. The van der Waals surface area contributed by atoms with Gasteiger partial charge in [0.15, 0.2) is 0 Å². The summed E-state index contributed by atoms with van der Waals surface area (Å²) >= 11 is 4.64. The second-order valence-corrected chi connectivity index (χ2v) is 10.4. The van der Waals surface area contributed by atoms with Crippen molar-refractivity contribution < 1.29 is 8.42 Å². The number of halogens is 1. The number of thiophene rings is 1. The first kappa shape index (κ1) is 15.0. The van der Waals surface area contributed by atoms with E-state index in [0.29, 0.717) is 17.3 Å². The van der Waals surface area contributed by atoms with E-state index in [1.807, 2.05) is 0 Å². The maximum Gasteiger partial charge on any atom is 0.252 e. The van der Waals surface area contributed by atoms with Crippen molar-refractivity contribution in [2.24, 2.45) is 5.41 Å². The van der Waals surface area contributed by atoms with Crippen LogP contribution >= 0.6 is 27.3 Å². The van der Waals surface area contributed by atoms with E-state index in [9.17, 15) is 8.42 Å². The molecule has 4 nitrogen and oxygen atoms in total. The Balaban J connectivity index is 1.83. The smallest absolute Gasteiger partial charge is 0.252 e. The van der Waals surface area contributed by atoms with E-state index in [1.165, 1.54) is 11.3 Å². The van der Waals surface area contributed by atoms with Crippen LogP contribution in [0, 0.1) is 5.41 Å². The van der Waals surface area contributed by atoms with Gasteiger partial charge in [0.1, 0.15) is 4.21 Å². The quantitative estimate of drug-likeness (QED) is 0.860. The highest BCUT2D eigenvalue weighted by molar-refractivity contribution is 9.11. The lowest BCUT2D eigenvalue weighted by Gasteiger charge is -2.44. The Kier molecular flexibility index (Phi) is 4.25. The Hall–Kier alpha value is 0.0500. The zero-order chi connectivity index (χ0) is 14.2. The van der Waals surface area contributed by atoms with E-state index in [4.69, 9.17) is 0 Å². The molecule has 0 saturated carbocycles. The summed E-state index contributed by atoms with van der Waals surface area (Å²) in [6.45, 7) is 3.33. The van der Waals surface area contributed by atoms with E-state index in [0.717, 1.165) is 42.6 Å². The summed E-state index contributed by atoms with van der Waals surface area (Å²) in [4.78, 5) is 0. The minimum Gasteiger partial charge on any atom is -0.316 e. The highest BCUT2D eigenvalue weighted by atomic mass is 79.9. The third kappa shape index (κ3) is 2.83. The lowest BCUT2D eigenvalue weighted by Crippen LogP contribution is -2.52. The number of sulfonamides is 1. The van der Waals surface area contributed by atoms with Gasteiger partial charge < -0.3 is 5.32 Å². The van der Waals surface area contributed by atoms with Crippen LogP contribution in [0.5, 0.6) is 0 Å². The summed E-state index contributed by atoms with van der Waals surface area (Å²) in [5.41, 5.74) is 0.151. The molecule has 1 unspecified atom stereocenters. The van der Waals surface area contributed by atoms with E-state index < -0.39 is 10.0 Å². The van der Waals surface area contributed by atoms with Gasteiger partial charge in [0.05, 0.1) is 3.79 Å². The van der Waals surface area contributed by atoms with Crippen LogP contribution in [0.3, 0.4) is 0 Å². The molecule has 0 bridgehead atoms. The van der Waals surface area contributed by atoms with Gasteiger partial charge in [0.25, 0.3) is 10.0 Å². The third-order valence-electron chi connectivity index (χ3n) is 4.33. The van der Waals surface area contributed by atoms with Gasteiger partial charge in [-0.25, -0.2) is 8.42 Å². The van der Waals surface area contributed by atoms with E-state index in [1.54, 1.807) is 16.4 Å². The van der Waals surface area contributed by atoms with Gasteiger partial charge in [-0.15, -0.1) is 11.3 Å². The Labute approximate surface area is 132 Å². The second kappa shape index (κ2) is 5.68. The number of nitrogens with zero attached hydrogens (tertiary/aromatic N) is 1. The van der Waals surface area contributed by atoms with Crippen LogP contribution in [-0.2, 0) is 10.0 Å². The molecule has 2 fully saturated rings. The summed E-state index contributed by atoms with van der Waals surface area (Å²) in [6.07, 6.45) is 4.40. The number of hydrogen-bond donors (Lipinski definition) is 1. The molecular formula is C13H19BrN2O2S2. The van der Waals surface area contributed by atoms with Crippen LogP contribution in [0.2, 0.25) is 0 Å².